The standard InChI is InChI=1S/C8H17OP/c1-2-9-7-4-3-5-8(10)6-7/h7-8H,2-6,10H2,1H3. The lowest BCUT2D eigenvalue weighted by atomic mass is 9.97. The van der Waals surface area contributed by atoms with E-state index in [0.717, 1.165) is 12.3 Å². The Kier molecular flexibility index (Phi) is 3.65. The molecule has 1 aliphatic carbocycles. The largest absolute Gasteiger partial charge is 0.378 e. The molecule has 0 radical (unpaired) electrons. The van der Waals surface area contributed by atoms with E-state index >= 15 is 0 Å². The van der Waals surface area contributed by atoms with Gasteiger partial charge in [0.2, 0.25) is 0 Å². The van der Waals surface area contributed by atoms with Crippen molar-refractivity contribution in [2.24, 2.45) is 0 Å². The summed E-state index contributed by atoms with van der Waals surface area (Å²) in [5, 5.41) is 0. The van der Waals surface area contributed by atoms with E-state index in [-0.39, 0.29) is 0 Å². The van der Waals surface area contributed by atoms with Crippen molar-refractivity contribution in [2.45, 2.75) is 44.4 Å². The Bertz CT molecular complexity index is 93.3. The maximum absolute atomic E-state index is 5.54. The lowest BCUT2D eigenvalue weighted by Gasteiger charge is -2.25. The fraction of sp³-hybridized carbons (Fsp3) is 1.00. The van der Waals surface area contributed by atoms with Crippen LogP contribution in [0.3, 0.4) is 0 Å². The van der Waals surface area contributed by atoms with Gasteiger partial charge in [-0.3, -0.25) is 0 Å². The van der Waals surface area contributed by atoms with Crippen LogP contribution in [0, 0.1) is 0 Å². The van der Waals surface area contributed by atoms with Crippen LogP contribution >= 0.6 is 9.24 Å². The summed E-state index contributed by atoms with van der Waals surface area (Å²) in [4.78, 5) is 0. The smallest absolute Gasteiger partial charge is 0.0580 e. The lowest BCUT2D eigenvalue weighted by Crippen LogP contribution is -2.22. The highest BCUT2D eigenvalue weighted by Gasteiger charge is 2.18. The minimum Gasteiger partial charge on any atom is -0.378 e. The Morgan fingerprint density at radius 3 is 2.90 bits per heavy atom. The van der Waals surface area contributed by atoms with Crippen molar-refractivity contribution in [3.63, 3.8) is 0 Å². The normalized spacial score (nSPS) is 34.2. The van der Waals surface area contributed by atoms with Crippen LogP contribution in [0.4, 0.5) is 0 Å². The molecule has 0 N–H and O–H groups in total. The van der Waals surface area contributed by atoms with Gasteiger partial charge in [0.05, 0.1) is 6.10 Å². The highest BCUT2D eigenvalue weighted by atomic mass is 31.0. The van der Waals surface area contributed by atoms with Crippen molar-refractivity contribution in [3.8, 4) is 0 Å². The predicted octanol–water partition coefficient (Wildman–Crippen LogP) is 2.21. The maximum atomic E-state index is 5.54. The zero-order chi connectivity index (χ0) is 7.40. The van der Waals surface area contributed by atoms with E-state index in [9.17, 15) is 0 Å². The Morgan fingerprint density at radius 2 is 2.30 bits per heavy atom. The van der Waals surface area contributed by atoms with Crippen LogP contribution in [0.25, 0.3) is 0 Å². The molecule has 0 spiro atoms. The molecule has 0 amide bonds. The molecule has 0 aromatic rings. The molecule has 2 heteroatoms. The monoisotopic (exact) mass is 160 g/mol. The molecular weight excluding hydrogens is 143 g/mol. The molecule has 0 aliphatic heterocycles. The molecule has 1 saturated carbocycles. The molecule has 0 aromatic carbocycles. The quantitative estimate of drug-likeness (QED) is 0.563. The SMILES string of the molecule is CCOC1CCCC(P)C1. The highest BCUT2D eigenvalue weighted by Crippen LogP contribution is 2.26. The van der Waals surface area contributed by atoms with Gasteiger partial charge < -0.3 is 4.74 Å². The molecule has 60 valence electrons. The van der Waals surface area contributed by atoms with Gasteiger partial charge in [-0.2, -0.15) is 0 Å². The first kappa shape index (κ1) is 8.49. The van der Waals surface area contributed by atoms with Crippen LogP contribution in [-0.2, 0) is 4.74 Å². The van der Waals surface area contributed by atoms with Gasteiger partial charge in [0, 0.05) is 6.61 Å². The summed E-state index contributed by atoms with van der Waals surface area (Å²) in [7, 11) is 2.90. The number of hydrogen-bond donors (Lipinski definition) is 0. The van der Waals surface area contributed by atoms with E-state index in [1.807, 2.05) is 0 Å². The summed E-state index contributed by atoms with van der Waals surface area (Å²) in [6.45, 7) is 2.95. The van der Waals surface area contributed by atoms with Crippen molar-refractivity contribution >= 4 is 9.24 Å². The summed E-state index contributed by atoms with van der Waals surface area (Å²) in [5.41, 5.74) is 0.810. The average molecular weight is 160 g/mol. The summed E-state index contributed by atoms with van der Waals surface area (Å²) in [6.07, 6.45) is 5.80. The molecule has 0 heterocycles. The Balaban J connectivity index is 2.18. The molecule has 1 rings (SSSR count). The van der Waals surface area contributed by atoms with Gasteiger partial charge in [0.15, 0.2) is 0 Å². The molecule has 10 heavy (non-hydrogen) atoms. The molecule has 0 aromatic heterocycles. The number of rotatable bonds is 2. The second-order valence-electron chi connectivity index (χ2n) is 3.00. The maximum Gasteiger partial charge on any atom is 0.0580 e. The van der Waals surface area contributed by atoms with Gasteiger partial charge in [-0.05, 0) is 31.8 Å². The molecule has 0 saturated heterocycles. The molecule has 0 bridgehead atoms. The van der Waals surface area contributed by atoms with Gasteiger partial charge in [-0.15, -0.1) is 9.24 Å². The second kappa shape index (κ2) is 4.31. The van der Waals surface area contributed by atoms with Gasteiger partial charge >= 0.3 is 0 Å². The van der Waals surface area contributed by atoms with E-state index in [1.165, 1.54) is 25.7 Å². The van der Waals surface area contributed by atoms with E-state index in [4.69, 9.17) is 4.74 Å². The molecule has 1 aliphatic rings. The molecule has 3 atom stereocenters. The summed E-state index contributed by atoms with van der Waals surface area (Å²) < 4.78 is 5.54. The van der Waals surface area contributed by atoms with Gasteiger partial charge in [-0.1, -0.05) is 6.42 Å². The van der Waals surface area contributed by atoms with E-state index in [1.54, 1.807) is 0 Å². The van der Waals surface area contributed by atoms with Crippen LogP contribution in [0.15, 0.2) is 0 Å². The van der Waals surface area contributed by atoms with Gasteiger partial charge in [-0.25, -0.2) is 0 Å². The zero-order valence-corrected chi connectivity index (χ0v) is 7.83. The fourth-order valence-electron chi connectivity index (χ4n) is 1.57. The molecule has 1 fully saturated rings. The highest BCUT2D eigenvalue weighted by molar-refractivity contribution is 7.17. The fourth-order valence-corrected chi connectivity index (χ4v) is 2.11. The van der Waals surface area contributed by atoms with Gasteiger partial charge in [0.25, 0.3) is 0 Å². The van der Waals surface area contributed by atoms with Crippen LogP contribution < -0.4 is 0 Å². The van der Waals surface area contributed by atoms with Crippen LogP contribution in [0.1, 0.15) is 32.6 Å². The molecular formula is C8H17OP. The van der Waals surface area contributed by atoms with Crippen molar-refractivity contribution in [2.75, 3.05) is 6.61 Å². The van der Waals surface area contributed by atoms with E-state index < -0.39 is 0 Å². The van der Waals surface area contributed by atoms with Crippen LogP contribution in [0.5, 0.6) is 0 Å². The topological polar surface area (TPSA) is 9.23 Å². The summed E-state index contributed by atoms with van der Waals surface area (Å²) >= 11 is 0. The molecule has 1 nitrogen and oxygen atoms in total. The summed E-state index contributed by atoms with van der Waals surface area (Å²) in [5.74, 6) is 0. The van der Waals surface area contributed by atoms with Crippen LogP contribution in [0.2, 0.25) is 0 Å². The average Bonchev–Trinajstić information content (AvgIpc) is 1.88. The Morgan fingerprint density at radius 1 is 1.50 bits per heavy atom. The summed E-state index contributed by atoms with van der Waals surface area (Å²) in [6, 6.07) is 0. The first-order valence-electron chi connectivity index (χ1n) is 4.20. The number of hydrogen-bond acceptors (Lipinski definition) is 1. The van der Waals surface area contributed by atoms with Crippen molar-refractivity contribution in [1.29, 1.82) is 0 Å². The third-order valence-electron chi connectivity index (χ3n) is 2.07. The lowest BCUT2D eigenvalue weighted by molar-refractivity contribution is 0.0385. The van der Waals surface area contributed by atoms with E-state index in [2.05, 4.69) is 16.2 Å². The first-order valence-corrected chi connectivity index (χ1v) is 4.86. The van der Waals surface area contributed by atoms with Crippen molar-refractivity contribution in [1.82, 2.24) is 0 Å². The van der Waals surface area contributed by atoms with Gasteiger partial charge in [0.1, 0.15) is 0 Å². The molecule has 3 unspecified atom stereocenters. The minimum atomic E-state index is 0.557. The Hall–Kier alpha value is 0.390. The first-order chi connectivity index (χ1) is 4.83. The van der Waals surface area contributed by atoms with Crippen molar-refractivity contribution in [3.05, 3.63) is 0 Å². The van der Waals surface area contributed by atoms with Crippen molar-refractivity contribution < 1.29 is 4.74 Å². The Labute approximate surface area is 65.7 Å². The predicted molar refractivity (Wildman–Crippen MR) is 47.4 cm³/mol. The third kappa shape index (κ3) is 2.56. The zero-order valence-electron chi connectivity index (χ0n) is 6.68. The third-order valence-corrected chi connectivity index (χ3v) is 2.67. The number of ether oxygens (including phenoxy) is 1. The van der Waals surface area contributed by atoms with E-state index in [0.29, 0.717) is 6.10 Å². The van der Waals surface area contributed by atoms with Crippen LogP contribution in [-0.4, -0.2) is 18.4 Å². The minimum absolute atomic E-state index is 0.557. The second-order valence-corrected chi connectivity index (χ2v) is 3.95.